The number of hydrogen-bond donors (Lipinski definition) is 10. The van der Waals surface area contributed by atoms with Gasteiger partial charge in [0.1, 0.15) is 48.7 Å². The minimum Gasteiger partial charge on any atom is -0.462 e. The van der Waals surface area contributed by atoms with Crippen molar-refractivity contribution in [3.8, 4) is 0 Å². The highest BCUT2D eigenvalue weighted by Gasteiger charge is 2.55. The second-order valence-corrected chi connectivity index (χ2v) is 40.0. The first kappa shape index (κ1) is 122. The van der Waals surface area contributed by atoms with Gasteiger partial charge in [-0.25, -0.2) is 9.13 Å². The fourth-order valence-electron chi connectivity index (χ4n) is 17.6. The van der Waals surface area contributed by atoms with E-state index in [1.807, 2.05) is 0 Å². The van der Waals surface area contributed by atoms with Crippen molar-refractivity contribution in [2.45, 2.75) is 590 Å². The number of rotatable bonds is 90. The van der Waals surface area contributed by atoms with E-state index in [1.54, 1.807) is 0 Å². The molecule has 14 atom stereocenters. The molecule has 0 aromatic carbocycles. The van der Waals surface area contributed by atoms with E-state index in [9.17, 15) is 77.9 Å². The zero-order chi connectivity index (χ0) is 94.7. The summed E-state index contributed by atoms with van der Waals surface area (Å²) in [7, 11) is -11.4. The third-order valence-electron chi connectivity index (χ3n) is 25.4. The summed E-state index contributed by atoms with van der Waals surface area (Å²) < 4.78 is 80.2. The van der Waals surface area contributed by atoms with E-state index in [1.165, 1.54) is 116 Å². The van der Waals surface area contributed by atoms with Gasteiger partial charge >= 0.3 is 39.5 Å². The monoisotopic (exact) mass is 1880 g/mol. The highest BCUT2D eigenvalue weighted by atomic mass is 31.2. The Labute approximate surface area is 780 Å². The number of ether oxygens (including phenoxy) is 7. The molecule has 29 heteroatoms. The summed E-state index contributed by atoms with van der Waals surface area (Å²) in [5, 5.41) is 52.0. The quantitative estimate of drug-likeness (QED) is 0.0117. The van der Waals surface area contributed by atoms with E-state index in [0.717, 1.165) is 244 Å². The first-order valence-electron chi connectivity index (χ1n) is 52.7. The zero-order valence-electron chi connectivity index (χ0n) is 81.8. The van der Waals surface area contributed by atoms with Gasteiger partial charge in [-0.1, -0.05) is 414 Å². The standard InChI is InChI=1S/C100H190N2O25P2/c1-7-13-19-25-31-37-39-41-43-49-55-61-67-73-89(108)120-83(71-65-59-53-47-35-29-23-17-11-5)77-88(107)102-93-97(124-91(110)76-82(105)70-64-58-52-46-34-28-22-16-10-4)95(112)86(123-100(93)127-129(116,117)118)80-119-99-94(101-87(106)75-81(104)69-63-57-51-45-33-27-21-15-9-3)98(96(85(79-103)122-99)126-128(113,114)115)125-92(111)78-84(72-66-60-54-48-36-30-24-18-12-6)121-90(109)74-68-62-56-50-44-42-40-38-32-26-20-14-8-2/h81-86,93-100,103-105,112H,7-80H2,1-6H3,(H,101,106)(H,102,107)(H2,113,114,115)(H2,116,117,118)/t81?,82?,83?,84?,85?,86?,93?,94?,95-,96-,97-,98-,99-,100?/m1/s1. The first-order valence-corrected chi connectivity index (χ1v) is 55.8. The average molecular weight is 1880 g/mol. The Morgan fingerprint density at radius 3 is 0.938 bits per heavy atom. The number of hydrogen-bond acceptors (Lipinski definition) is 21. The number of carbonyl (C=O) groups excluding carboxylic acids is 6. The SMILES string of the molecule is CCCCCCCCCCCCCCCC(=O)OC(CCCCCCCCCCC)CC(=O)NC1C(OP(=O)(O)O)OC(CO[C@@H]2OC(CO)[C@@H](OP(=O)(O)O)[C@H](OC(=O)CC(CCCCCCCCCCC)OC(=O)CCCCCCCCCCCCCCC)C2NC(=O)CC(O)CCCCCCCCCCC)[C@@H](O)[C@@H]1OC(=O)CC(O)CCCCCCCCCCC. The van der Waals surface area contributed by atoms with Crippen LogP contribution < -0.4 is 10.6 Å². The van der Waals surface area contributed by atoms with E-state index < -0.39 is 176 Å². The molecule has 0 spiro atoms. The van der Waals surface area contributed by atoms with Crippen LogP contribution in [-0.2, 0) is 80.1 Å². The molecule has 0 saturated carbocycles. The Hall–Kier alpha value is -3.24. The summed E-state index contributed by atoms with van der Waals surface area (Å²) in [6.07, 6.45) is 42.2. The molecule has 0 bridgehead atoms. The fourth-order valence-corrected chi connectivity index (χ4v) is 18.7. The summed E-state index contributed by atoms with van der Waals surface area (Å²) in [4.78, 5) is 129. The molecule has 2 aliphatic heterocycles. The second-order valence-electron chi connectivity index (χ2n) is 37.6. The van der Waals surface area contributed by atoms with Crippen LogP contribution in [0.3, 0.4) is 0 Å². The van der Waals surface area contributed by atoms with Crippen LogP contribution in [0, 0.1) is 0 Å². The maximum atomic E-state index is 14.9. The molecule has 2 aliphatic rings. The van der Waals surface area contributed by atoms with Gasteiger partial charge in [-0.2, -0.15) is 0 Å². The second kappa shape index (κ2) is 80.8. The Kier molecular flexibility index (Phi) is 76.3. The topological polar surface area (TPSA) is 406 Å². The average Bonchev–Trinajstić information content (AvgIpc) is 0.770. The van der Waals surface area contributed by atoms with Gasteiger partial charge in [-0.3, -0.25) is 37.8 Å². The van der Waals surface area contributed by atoms with Crippen LogP contribution in [-0.4, -0.2) is 175 Å². The van der Waals surface area contributed by atoms with Crippen LogP contribution in [0.4, 0.5) is 0 Å². The van der Waals surface area contributed by atoms with Crippen molar-refractivity contribution in [2.75, 3.05) is 13.2 Å². The molecular weight excluding hydrogens is 1690 g/mol. The predicted molar refractivity (Wildman–Crippen MR) is 508 cm³/mol. The van der Waals surface area contributed by atoms with Crippen molar-refractivity contribution in [3.63, 3.8) is 0 Å². The van der Waals surface area contributed by atoms with E-state index in [4.69, 9.17) is 42.2 Å². The molecule has 0 aliphatic carbocycles. The summed E-state index contributed by atoms with van der Waals surface area (Å²) in [6, 6.07) is -3.86. The van der Waals surface area contributed by atoms with Crippen LogP contribution in [0.15, 0.2) is 0 Å². The lowest BCUT2D eigenvalue weighted by Crippen LogP contribution is -2.68. The van der Waals surface area contributed by atoms with Crippen molar-refractivity contribution in [1.82, 2.24) is 10.6 Å². The third kappa shape index (κ3) is 66.8. The number of aliphatic hydroxyl groups excluding tert-OH is 4. The summed E-state index contributed by atoms with van der Waals surface area (Å²) in [5.41, 5.74) is 0. The summed E-state index contributed by atoms with van der Waals surface area (Å²) >= 11 is 0. The third-order valence-corrected chi connectivity index (χ3v) is 26.4. The number of nitrogens with one attached hydrogen (secondary N) is 2. The van der Waals surface area contributed by atoms with Crippen molar-refractivity contribution in [2.24, 2.45) is 0 Å². The Morgan fingerprint density at radius 1 is 0.318 bits per heavy atom. The smallest absolute Gasteiger partial charge is 0.462 e. The number of esters is 4. The molecule has 2 fully saturated rings. The number of amides is 2. The molecule has 2 amide bonds. The normalized spacial score (nSPS) is 20.0. The molecule has 27 nitrogen and oxygen atoms in total. The van der Waals surface area contributed by atoms with E-state index in [-0.39, 0.29) is 38.5 Å². The van der Waals surface area contributed by atoms with Gasteiger partial charge in [0.05, 0.1) is 51.1 Å². The number of carbonyl (C=O) groups is 6. The molecule has 760 valence electrons. The minimum atomic E-state index is -5.71. The van der Waals surface area contributed by atoms with Crippen LogP contribution >= 0.6 is 15.6 Å². The lowest BCUT2D eigenvalue weighted by Gasteiger charge is -2.47. The largest absolute Gasteiger partial charge is 0.472 e. The van der Waals surface area contributed by atoms with Gasteiger partial charge in [-0.05, 0) is 51.4 Å². The van der Waals surface area contributed by atoms with Gasteiger partial charge in [0.25, 0.3) is 0 Å². The van der Waals surface area contributed by atoms with E-state index in [0.29, 0.717) is 38.5 Å². The molecule has 2 heterocycles. The lowest BCUT2D eigenvalue weighted by molar-refractivity contribution is -0.297. The van der Waals surface area contributed by atoms with Crippen molar-refractivity contribution in [1.29, 1.82) is 0 Å². The Balaban J connectivity index is 2.75. The van der Waals surface area contributed by atoms with Gasteiger partial charge in [0.2, 0.25) is 11.8 Å². The van der Waals surface area contributed by atoms with Crippen LogP contribution in [0.1, 0.15) is 504 Å². The number of phosphoric ester groups is 2. The van der Waals surface area contributed by atoms with Crippen LogP contribution in [0.25, 0.3) is 0 Å². The highest BCUT2D eigenvalue weighted by Crippen LogP contribution is 2.44. The molecule has 9 unspecified atom stereocenters. The minimum absolute atomic E-state index is 0.0836. The van der Waals surface area contributed by atoms with Crippen LogP contribution in [0.5, 0.6) is 0 Å². The lowest BCUT2D eigenvalue weighted by atomic mass is 9.95. The molecule has 0 radical (unpaired) electrons. The number of aliphatic hydroxyl groups is 4. The van der Waals surface area contributed by atoms with E-state index >= 15 is 0 Å². The molecule has 0 aromatic heterocycles. The maximum absolute atomic E-state index is 14.9. The predicted octanol–water partition coefficient (Wildman–Crippen LogP) is 22.9. The van der Waals surface area contributed by atoms with Gasteiger partial charge in [0, 0.05) is 12.8 Å². The molecule has 10 N–H and O–H groups in total. The number of unbranched alkanes of at least 4 members (excludes halogenated alkanes) is 56. The Morgan fingerprint density at radius 2 is 0.597 bits per heavy atom. The van der Waals surface area contributed by atoms with Crippen molar-refractivity contribution < 1.29 is 120 Å². The molecular formula is C100H190N2O25P2. The van der Waals surface area contributed by atoms with Gasteiger partial charge in [0.15, 0.2) is 24.8 Å². The van der Waals surface area contributed by atoms with Crippen LogP contribution in [0.2, 0.25) is 0 Å². The Bertz CT molecular complexity index is 2820. The molecule has 0 aromatic rings. The molecule has 129 heavy (non-hydrogen) atoms. The van der Waals surface area contributed by atoms with Crippen molar-refractivity contribution >= 4 is 51.3 Å². The van der Waals surface area contributed by atoms with Crippen molar-refractivity contribution in [3.05, 3.63) is 0 Å². The zero-order valence-corrected chi connectivity index (χ0v) is 83.6. The highest BCUT2D eigenvalue weighted by molar-refractivity contribution is 7.46. The van der Waals surface area contributed by atoms with Gasteiger partial charge in [-0.15, -0.1) is 0 Å². The molecule has 2 rings (SSSR count). The number of phosphoric acid groups is 2. The molecule has 2 saturated heterocycles. The first-order chi connectivity index (χ1) is 62.3. The van der Waals surface area contributed by atoms with Gasteiger partial charge < -0.3 is 83.8 Å². The summed E-state index contributed by atoms with van der Waals surface area (Å²) in [5.74, 6) is -5.01. The maximum Gasteiger partial charge on any atom is 0.472 e. The summed E-state index contributed by atoms with van der Waals surface area (Å²) in [6.45, 7) is 11.0. The van der Waals surface area contributed by atoms with E-state index in [2.05, 4.69) is 52.2 Å². The fraction of sp³-hybridized carbons (Fsp3) is 0.940.